The molecule has 0 aliphatic carbocycles. The maximum absolute atomic E-state index is 12.2. The van der Waals surface area contributed by atoms with Crippen molar-refractivity contribution in [3.63, 3.8) is 0 Å². The van der Waals surface area contributed by atoms with Gasteiger partial charge in [-0.2, -0.15) is 0 Å². The van der Waals surface area contributed by atoms with Gasteiger partial charge in [-0.3, -0.25) is 10.2 Å². The van der Waals surface area contributed by atoms with E-state index in [4.69, 9.17) is 0 Å². The van der Waals surface area contributed by atoms with Crippen molar-refractivity contribution in [2.24, 2.45) is 0 Å². The Morgan fingerprint density at radius 2 is 2.11 bits per heavy atom. The average molecular weight is 254 g/mol. The highest BCUT2D eigenvalue weighted by Crippen LogP contribution is 2.23. The molecule has 0 saturated heterocycles. The Labute approximate surface area is 111 Å². The second-order valence-corrected chi connectivity index (χ2v) is 4.34. The third-order valence-corrected chi connectivity index (χ3v) is 3.10. The molecule has 0 radical (unpaired) electrons. The molecule has 1 aliphatic heterocycles. The quantitative estimate of drug-likeness (QED) is 0.880. The largest absolute Gasteiger partial charge is 0.373 e. The van der Waals surface area contributed by atoms with Gasteiger partial charge in [-0.05, 0) is 17.7 Å². The third kappa shape index (κ3) is 2.10. The zero-order chi connectivity index (χ0) is 13.2. The van der Waals surface area contributed by atoms with Crippen LogP contribution in [0.1, 0.15) is 15.9 Å². The van der Waals surface area contributed by atoms with Crippen LogP contribution >= 0.6 is 0 Å². The van der Waals surface area contributed by atoms with Crippen molar-refractivity contribution in [2.45, 2.75) is 6.54 Å². The molecule has 0 bridgehead atoms. The van der Waals surface area contributed by atoms with Crippen molar-refractivity contribution >= 4 is 17.4 Å². The van der Waals surface area contributed by atoms with Crippen molar-refractivity contribution in [1.29, 1.82) is 0 Å². The number of fused-ring (bicyclic) bond motifs is 1. The SMILES string of the molecule is CNc1cc(NN2Cc3ccccc3C2=O)ccn1. The topological polar surface area (TPSA) is 57.3 Å². The number of hydrazine groups is 1. The molecule has 0 saturated carbocycles. The molecule has 1 aromatic carbocycles. The molecule has 2 aromatic rings. The number of benzene rings is 1. The van der Waals surface area contributed by atoms with E-state index >= 15 is 0 Å². The number of hydrogen-bond acceptors (Lipinski definition) is 4. The first-order valence-corrected chi connectivity index (χ1v) is 6.08. The van der Waals surface area contributed by atoms with Crippen LogP contribution in [-0.2, 0) is 6.54 Å². The molecule has 1 amide bonds. The molecular formula is C14H14N4O. The Bertz CT molecular complexity index is 626. The fourth-order valence-electron chi connectivity index (χ4n) is 2.14. The Balaban J connectivity index is 1.81. The summed E-state index contributed by atoms with van der Waals surface area (Å²) in [5.74, 6) is 0.757. The fourth-order valence-corrected chi connectivity index (χ4v) is 2.14. The lowest BCUT2D eigenvalue weighted by Gasteiger charge is -2.18. The number of aromatic nitrogens is 1. The van der Waals surface area contributed by atoms with Gasteiger partial charge in [0.2, 0.25) is 0 Å². The van der Waals surface area contributed by atoms with E-state index in [9.17, 15) is 4.79 Å². The standard InChI is InChI=1S/C14H14N4O/c1-15-13-8-11(6-7-16-13)17-18-9-10-4-2-3-5-12(10)14(18)19/h2-8H,9H2,1H3,(H2,15,16,17). The minimum Gasteiger partial charge on any atom is -0.373 e. The molecule has 96 valence electrons. The minimum atomic E-state index is -0.00146. The average Bonchev–Trinajstić information content (AvgIpc) is 2.76. The zero-order valence-electron chi connectivity index (χ0n) is 10.6. The minimum absolute atomic E-state index is 0.00146. The monoisotopic (exact) mass is 254 g/mol. The lowest BCUT2D eigenvalue weighted by molar-refractivity contribution is 0.0814. The summed E-state index contributed by atoms with van der Waals surface area (Å²) < 4.78 is 0. The lowest BCUT2D eigenvalue weighted by atomic mass is 10.1. The molecule has 1 aromatic heterocycles. The van der Waals surface area contributed by atoms with Gasteiger partial charge in [-0.1, -0.05) is 18.2 Å². The van der Waals surface area contributed by atoms with Crippen LogP contribution in [0, 0.1) is 0 Å². The molecule has 0 atom stereocenters. The third-order valence-electron chi connectivity index (χ3n) is 3.10. The van der Waals surface area contributed by atoms with E-state index in [0.29, 0.717) is 6.54 Å². The maximum atomic E-state index is 12.2. The number of rotatable bonds is 3. The first-order valence-electron chi connectivity index (χ1n) is 6.08. The second-order valence-electron chi connectivity index (χ2n) is 4.34. The van der Waals surface area contributed by atoms with E-state index in [-0.39, 0.29) is 5.91 Å². The van der Waals surface area contributed by atoms with Gasteiger partial charge in [0, 0.05) is 24.9 Å². The summed E-state index contributed by atoms with van der Waals surface area (Å²) in [5.41, 5.74) is 5.76. The van der Waals surface area contributed by atoms with Crippen molar-refractivity contribution in [3.05, 3.63) is 53.7 Å². The molecule has 3 rings (SSSR count). The molecule has 19 heavy (non-hydrogen) atoms. The summed E-state index contributed by atoms with van der Waals surface area (Å²) in [5, 5.41) is 4.58. The number of hydrogen-bond donors (Lipinski definition) is 2. The molecule has 1 aliphatic rings. The normalized spacial score (nSPS) is 13.3. The van der Waals surface area contributed by atoms with Crippen LogP contribution < -0.4 is 10.7 Å². The molecule has 5 nitrogen and oxygen atoms in total. The van der Waals surface area contributed by atoms with Gasteiger partial charge in [-0.15, -0.1) is 0 Å². The molecule has 2 N–H and O–H groups in total. The number of amides is 1. The lowest BCUT2D eigenvalue weighted by Crippen LogP contribution is -2.30. The van der Waals surface area contributed by atoms with Gasteiger partial charge >= 0.3 is 0 Å². The molecule has 2 heterocycles. The number of nitrogens with one attached hydrogen (secondary N) is 2. The van der Waals surface area contributed by atoms with Crippen LogP contribution in [0.4, 0.5) is 11.5 Å². The highest BCUT2D eigenvalue weighted by atomic mass is 16.2. The Hall–Kier alpha value is -2.56. The van der Waals surface area contributed by atoms with E-state index < -0.39 is 0 Å². The number of carbonyl (C=O) groups is 1. The van der Waals surface area contributed by atoms with Crippen molar-refractivity contribution in [2.75, 3.05) is 17.8 Å². The van der Waals surface area contributed by atoms with Gasteiger partial charge < -0.3 is 5.32 Å². The number of nitrogens with zero attached hydrogens (tertiary/aromatic N) is 2. The van der Waals surface area contributed by atoms with Crippen LogP contribution in [0.15, 0.2) is 42.6 Å². The highest BCUT2D eigenvalue weighted by molar-refractivity contribution is 5.98. The Kier molecular flexibility index (Phi) is 2.79. The molecule has 0 unspecified atom stereocenters. The van der Waals surface area contributed by atoms with Crippen LogP contribution in [0.25, 0.3) is 0 Å². The Morgan fingerprint density at radius 1 is 1.26 bits per heavy atom. The molecule has 0 spiro atoms. The molecule has 0 fully saturated rings. The Morgan fingerprint density at radius 3 is 2.89 bits per heavy atom. The van der Waals surface area contributed by atoms with Crippen LogP contribution in [0.2, 0.25) is 0 Å². The summed E-state index contributed by atoms with van der Waals surface area (Å²) in [6.45, 7) is 0.576. The van der Waals surface area contributed by atoms with Gasteiger partial charge in [0.1, 0.15) is 5.82 Å². The molecule has 5 heteroatoms. The van der Waals surface area contributed by atoms with E-state index in [2.05, 4.69) is 15.7 Å². The summed E-state index contributed by atoms with van der Waals surface area (Å²) in [6.07, 6.45) is 1.70. The summed E-state index contributed by atoms with van der Waals surface area (Å²) in [4.78, 5) is 16.3. The van der Waals surface area contributed by atoms with Gasteiger partial charge in [0.25, 0.3) is 5.91 Å². The summed E-state index contributed by atoms with van der Waals surface area (Å²) in [6, 6.07) is 11.3. The number of pyridine rings is 1. The first-order chi connectivity index (χ1) is 9.28. The van der Waals surface area contributed by atoms with E-state index in [1.165, 1.54) is 0 Å². The predicted molar refractivity (Wildman–Crippen MR) is 73.7 cm³/mol. The summed E-state index contributed by atoms with van der Waals surface area (Å²) in [7, 11) is 1.81. The van der Waals surface area contributed by atoms with Gasteiger partial charge in [0.15, 0.2) is 0 Å². The van der Waals surface area contributed by atoms with Crippen molar-refractivity contribution in [3.8, 4) is 0 Å². The number of anilines is 2. The fraction of sp³-hybridized carbons (Fsp3) is 0.143. The smallest absolute Gasteiger partial charge is 0.272 e. The molecular weight excluding hydrogens is 240 g/mol. The van der Waals surface area contributed by atoms with E-state index in [1.807, 2.05) is 43.4 Å². The summed E-state index contributed by atoms with van der Waals surface area (Å²) >= 11 is 0. The van der Waals surface area contributed by atoms with Gasteiger partial charge in [-0.25, -0.2) is 9.99 Å². The van der Waals surface area contributed by atoms with Gasteiger partial charge in [0.05, 0.1) is 12.2 Å². The van der Waals surface area contributed by atoms with E-state index in [0.717, 1.165) is 22.6 Å². The highest BCUT2D eigenvalue weighted by Gasteiger charge is 2.26. The second kappa shape index (κ2) is 4.61. The van der Waals surface area contributed by atoms with Crippen LogP contribution in [-0.4, -0.2) is 22.9 Å². The van der Waals surface area contributed by atoms with E-state index in [1.54, 1.807) is 11.2 Å². The van der Waals surface area contributed by atoms with Crippen LogP contribution in [0.3, 0.4) is 0 Å². The predicted octanol–water partition coefficient (Wildman–Crippen LogP) is 2.11. The van der Waals surface area contributed by atoms with Crippen molar-refractivity contribution in [1.82, 2.24) is 9.99 Å². The first kappa shape index (κ1) is 11.5. The van der Waals surface area contributed by atoms with Crippen molar-refractivity contribution < 1.29 is 4.79 Å². The van der Waals surface area contributed by atoms with Crippen LogP contribution in [0.5, 0.6) is 0 Å². The zero-order valence-corrected chi connectivity index (χ0v) is 10.6. The maximum Gasteiger partial charge on any atom is 0.272 e. The number of carbonyl (C=O) groups excluding carboxylic acids is 1.